The van der Waals surface area contributed by atoms with Gasteiger partial charge in [0.15, 0.2) is 0 Å². The lowest BCUT2D eigenvalue weighted by Gasteiger charge is -2.12. The van der Waals surface area contributed by atoms with Crippen LogP contribution in [-0.2, 0) is 17.6 Å². The molecule has 0 unspecified atom stereocenters. The number of carbonyl (C=O) groups is 1. The third-order valence-electron chi connectivity index (χ3n) is 5.22. The fourth-order valence-corrected chi connectivity index (χ4v) is 3.66. The molecule has 6 heteroatoms. The van der Waals surface area contributed by atoms with Crippen molar-refractivity contribution in [3.05, 3.63) is 95.4 Å². The first-order chi connectivity index (χ1) is 15.0. The van der Waals surface area contributed by atoms with Crippen molar-refractivity contribution in [2.24, 2.45) is 0 Å². The molecule has 0 aliphatic carbocycles. The van der Waals surface area contributed by atoms with Crippen molar-refractivity contribution in [3.8, 4) is 0 Å². The zero-order valence-corrected chi connectivity index (χ0v) is 17.4. The Hall–Kier alpha value is -3.93. The van der Waals surface area contributed by atoms with Crippen LogP contribution in [0.2, 0.25) is 0 Å². The van der Waals surface area contributed by atoms with Crippen LogP contribution in [0.5, 0.6) is 0 Å². The number of aromatic nitrogens is 2. The molecule has 156 valence electrons. The molecular weight excluding hydrogens is 386 g/mol. The Labute approximate surface area is 181 Å². The number of hydrogen-bond acceptors (Lipinski definition) is 4. The average Bonchev–Trinajstić information content (AvgIpc) is 3.20. The van der Waals surface area contributed by atoms with E-state index in [-0.39, 0.29) is 11.6 Å². The molecule has 4 rings (SSSR count). The van der Waals surface area contributed by atoms with Crippen LogP contribution in [0.1, 0.15) is 35.7 Å². The SMILES string of the molecule is CCCc1ccccc1CC(=O)Nc1ccc(N)c(C(=N)c2cn3ccccc3n2)c1. The summed E-state index contributed by atoms with van der Waals surface area (Å²) in [5.41, 5.74) is 11.5. The summed E-state index contributed by atoms with van der Waals surface area (Å²) in [4.78, 5) is 17.2. The van der Waals surface area contributed by atoms with Crippen LogP contribution < -0.4 is 11.1 Å². The number of hydrogen-bond donors (Lipinski definition) is 3. The lowest BCUT2D eigenvalue weighted by atomic mass is 10.0. The van der Waals surface area contributed by atoms with Crippen LogP contribution in [0.3, 0.4) is 0 Å². The van der Waals surface area contributed by atoms with Gasteiger partial charge in [-0.2, -0.15) is 0 Å². The van der Waals surface area contributed by atoms with E-state index in [0.717, 1.165) is 24.1 Å². The van der Waals surface area contributed by atoms with Crippen LogP contribution in [0, 0.1) is 5.41 Å². The second-order valence-electron chi connectivity index (χ2n) is 7.51. The van der Waals surface area contributed by atoms with Gasteiger partial charge in [-0.15, -0.1) is 0 Å². The topological polar surface area (TPSA) is 96.3 Å². The van der Waals surface area contributed by atoms with Crippen molar-refractivity contribution in [1.82, 2.24) is 9.38 Å². The molecule has 6 nitrogen and oxygen atoms in total. The quantitative estimate of drug-likeness (QED) is 0.309. The molecule has 0 fully saturated rings. The number of anilines is 2. The number of nitrogens with one attached hydrogen (secondary N) is 2. The normalized spacial score (nSPS) is 10.9. The maximum absolute atomic E-state index is 12.7. The van der Waals surface area contributed by atoms with E-state index in [9.17, 15) is 4.79 Å². The van der Waals surface area contributed by atoms with Gasteiger partial charge < -0.3 is 15.5 Å². The van der Waals surface area contributed by atoms with Crippen LogP contribution in [0.15, 0.2) is 73.1 Å². The van der Waals surface area contributed by atoms with Crippen LogP contribution in [0.4, 0.5) is 11.4 Å². The minimum atomic E-state index is -0.0986. The molecule has 2 aromatic heterocycles. The Morgan fingerprint density at radius 1 is 1.10 bits per heavy atom. The molecule has 4 N–H and O–H groups in total. The minimum Gasteiger partial charge on any atom is -0.398 e. The molecule has 0 saturated carbocycles. The molecule has 0 saturated heterocycles. The molecular formula is C25H25N5O. The van der Waals surface area contributed by atoms with Gasteiger partial charge in [-0.05, 0) is 47.9 Å². The summed E-state index contributed by atoms with van der Waals surface area (Å²) < 4.78 is 1.86. The molecule has 0 radical (unpaired) electrons. The highest BCUT2D eigenvalue weighted by atomic mass is 16.1. The first kappa shape index (κ1) is 20.3. The predicted molar refractivity (Wildman–Crippen MR) is 125 cm³/mol. The largest absolute Gasteiger partial charge is 0.398 e. The highest BCUT2D eigenvalue weighted by Gasteiger charge is 2.14. The Balaban J connectivity index is 1.54. The number of carbonyl (C=O) groups excluding carboxylic acids is 1. The summed E-state index contributed by atoms with van der Waals surface area (Å²) in [5.74, 6) is -0.0986. The number of nitrogen functional groups attached to an aromatic ring is 1. The maximum atomic E-state index is 12.7. The molecule has 4 aromatic rings. The summed E-state index contributed by atoms with van der Waals surface area (Å²) in [7, 11) is 0. The number of imidazole rings is 1. The minimum absolute atomic E-state index is 0.0986. The van der Waals surface area contributed by atoms with Crippen LogP contribution in [-0.4, -0.2) is 21.0 Å². The Morgan fingerprint density at radius 3 is 2.65 bits per heavy atom. The first-order valence-electron chi connectivity index (χ1n) is 10.3. The average molecular weight is 412 g/mol. The highest BCUT2D eigenvalue weighted by Crippen LogP contribution is 2.22. The predicted octanol–water partition coefficient (Wildman–Crippen LogP) is 4.47. The standard InChI is InChI=1S/C25H25N5O/c1-2-7-17-8-3-4-9-18(17)14-24(31)28-19-11-12-21(26)20(15-19)25(27)22-16-30-13-6-5-10-23(30)29-22/h3-6,8-13,15-16,27H,2,7,14,26H2,1H3,(H,28,31). The smallest absolute Gasteiger partial charge is 0.228 e. The molecule has 0 aliphatic heterocycles. The van der Waals surface area contributed by atoms with Crippen molar-refractivity contribution < 1.29 is 4.79 Å². The Morgan fingerprint density at radius 2 is 1.87 bits per heavy atom. The number of pyridine rings is 1. The monoisotopic (exact) mass is 411 g/mol. The van der Waals surface area contributed by atoms with E-state index < -0.39 is 0 Å². The zero-order chi connectivity index (χ0) is 21.8. The lowest BCUT2D eigenvalue weighted by Crippen LogP contribution is -2.16. The molecule has 0 spiro atoms. The van der Waals surface area contributed by atoms with Gasteiger partial charge in [-0.1, -0.05) is 43.7 Å². The van der Waals surface area contributed by atoms with Gasteiger partial charge in [0.05, 0.1) is 12.1 Å². The summed E-state index contributed by atoms with van der Waals surface area (Å²) in [6, 6.07) is 18.9. The van der Waals surface area contributed by atoms with E-state index in [1.165, 1.54) is 5.56 Å². The third kappa shape index (κ3) is 4.48. The molecule has 0 bridgehead atoms. The van der Waals surface area contributed by atoms with E-state index in [2.05, 4.69) is 23.3 Å². The number of rotatable bonds is 7. The van der Waals surface area contributed by atoms with Crippen LogP contribution in [0.25, 0.3) is 5.65 Å². The van der Waals surface area contributed by atoms with Crippen molar-refractivity contribution in [2.75, 3.05) is 11.1 Å². The number of nitrogens with zero attached hydrogens (tertiary/aromatic N) is 2. The van der Waals surface area contributed by atoms with E-state index in [1.807, 2.05) is 47.0 Å². The molecule has 1 amide bonds. The second kappa shape index (κ2) is 8.83. The zero-order valence-electron chi connectivity index (χ0n) is 17.4. The van der Waals surface area contributed by atoms with E-state index in [0.29, 0.717) is 29.1 Å². The van der Waals surface area contributed by atoms with E-state index in [4.69, 9.17) is 11.1 Å². The lowest BCUT2D eigenvalue weighted by molar-refractivity contribution is -0.115. The fraction of sp³-hybridized carbons (Fsp3) is 0.160. The number of nitrogens with two attached hydrogens (primary N) is 1. The highest BCUT2D eigenvalue weighted by molar-refractivity contribution is 6.13. The molecule has 2 aromatic carbocycles. The van der Waals surface area contributed by atoms with Gasteiger partial charge >= 0.3 is 0 Å². The molecule has 31 heavy (non-hydrogen) atoms. The number of fused-ring (bicyclic) bond motifs is 1. The first-order valence-corrected chi connectivity index (χ1v) is 10.3. The van der Waals surface area contributed by atoms with Crippen molar-refractivity contribution in [1.29, 1.82) is 5.41 Å². The maximum Gasteiger partial charge on any atom is 0.228 e. The van der Waals surface area contributed by atoms with Crippen molar-refractivity contribution in [3.63, 3.8) is 0 Å². The van der Waals surface area contributed by atoms with Gasteiger partial charge in [0.1, 0.15) is 11.3 Å². The van der Waals surface area contributed by atoms with Gasteiger partial charge in [-0.25, -0.2) is 4.98 Å². The fourth-order valence-electron chi connectivity index (χ4n) is 3.66. The number of amides is 1. The molecule has 0 aliphatic rings. The van der Waals surface area contributed by atoms with Crippen molar-refractivity contribution in [2.45, 2.75) is 26.2 Å². The Kier molecular flexibility index (Phi) is 5.80. The number of benzene rings is 2. The van der Waals surface area contributed by atoms with Gasteiger partial charge in [-0.3, -0.25) is 10.2 Å². The number of aryl methyl sites for hydroxylation is 1. The van der Waals surface area contributed by atoms with Crippen LogP contribution >= 0.6 is 0 Å². The van der Waals surface area contributed by atoms with Gasteiger partial charge in [0.25, 0.3) is 0 Å². The third-order valence-corrected chi connectivity index (χ3v) is 5.22. The Bertz CT molecular complexity index is 1220. The summed E-state index contributed by atoms with van der Waals surface area (Å²) >= 11 is 0. The van der Waals surface area contributed by atoms with E-state index >= 15 is 0 Å². The summed E-state index contributed by atoms with van der Waals surface area (Å²) in [6.07, 6.45) is 5.97. The van der Waals surface area contributed by atoms with Gasteiger partial charge in [0, 0.05) is 29.3 Å². The summed E-state index contributed by atoms with van der Waals surface area (Å²) in [5, 5.41) is 11.6. The second-order valence-corrected chi connectivity index (χ2v) is 7.51. The van der Waals surface area contributed by atoms with E-state index in [1.54, 1.807) is 24.4 Å². The van der Waals surface area contributed by atoms with Crippen molar-refractivity contribution >= 4 is 28.6 Å². The molecule has 0 atom stereocenters. The summed E-state index contributed by atoms with van der Waals surface area (Å²) in [6.45, 7) is 2.13. The van der Waals surface area contributed by atoms with Gasteiger partial charge in [0.2, 0.25) is 5.91 Å². The molecule has 2 heterocycles.